The highest BCUT2D eigenvalue weighted by Gasteiger charge is 2.26. The first-order chi connectivity index (χ1) is 20.1. The number of phenolic OH excluding ortho intramolecular Hbond substituents is 1. The number of aryl methyl sites for hydroxylation is 2. The number of β-amino-alcohol motifs (C(OH)–C–C–N with tert-alkyl or cyclic N) is 1. The molecule has 2 heterocycles. The molecule has 0 saturated heterocycles. The first-order valence-electron chi connectivity index (χ1n) is 13.2. The molecule has 232 valence electrons. The van der Waals surface area contributed by atoms with E-state index in [2.05, 4.69) is 20.7 Å². The van der Waals surface area contributed by atoms with Gasteiger partial charge in [0.25, 0.3) is 5.91 Å². The van der Waals surface area contributed by atoms with Crippen LogP contribution in [0.15, 0.2) is 36.4 Å². The molecule has 1 aliphatic rings. The monoisotopic (exact) mass is 619 g/mol. The lowest BCUT2D eigenvalue weighted by Gasteiger charge is -2.29. The molecule has 0 bridgehead atoms. The van der Waals surface area contributed by atoms with Gasteiger partial charge in [-0.25, -0.2) is 14.5 Å². The maximum atomic E-state index is 11.6. The van der Waals surface area contributed by atoms with Gasteiger partial charge >= 0.3 is 11.9 Å². The minimum absolute atomic E-state index is 0.0593. The number of nitrogens with zero attached hydrogens (tertiary/aromatic N) is 3. The second kappa shape index (κ2) is 14.3. The second-order valence-corrected chi connectivity index (χ2v) is 10.9. The molecule has 0 spiro atoms. The van der Waals surface area contributed by atoms with Crippen molar-refractivity contribution in [1.82, 2.24) is 20.1 Å². The van der Waals surface area contributed by atoms with Crippen molar-refractivity contribution in [3.63, 3.8) is 0 Å². The Morgan fingerprint density at radius 2 is 1.86 bits per heavy atom. The number of carboxylic acids is 2. The lowest BCUT2D eigenvalue weighted by Crippen LogP contribution is -2.42. The molecule has 2 atom stereocenters. The number of nitrogens with one attached hydrogen (secondary N) is 2. The van der Waals surface area contributed by atoms with Crippen LogP contribution in [0.5, 0.6) is 11.5 Å². The predicted molar refractivity (Wildman–Crippen MR) is 155 cm³/mol. The molecular weight excluding hydrogens is 586 g/mol. The number of carbonyl (C=O) groups excluding carboxylic acids is 1. The van der Waals surface area contributed by atoms with Gasteiger partial charge in [-0.3, -0.25) is 9.59 Å². The summed E-state index contributed by atoms with van der Waals surface area (Å²) < 4.78 is 7.37. The fourth-order valence-corrected chi connectivity index (χ4v) is 4.15. The Kier molecular flexibility index (Phi) is 11.1. The Bertz CT molecular complexity index is 1460. The molecule has 0 saturated carbocycles. The SMILES string of the molecule is Cc1nc(-c2ccc(Cl)cc2)nn1CCC(C)(C)NC[C@H](O)c1cc(O)cc2c1OCC(=O)N2.O=C(O)C[C@@H](O)C(=O)O. The van der Waals surface area contributed by atoms with Gasteiger partial charge in [0.05, 0.1) is 18.2 Å². The third kappa shape index (κ3) is 9.64. The van der Waals surface area contributed by atoms with Crippen LogP contribution in [0.4, 0.5) is 5.69 Å². The van der Waals surface area contributed by atoms with Gasteiger partial charge in [0.15, 0.2) is 18.5 Å². The highest BCUT2D eigenvalue weighted by Crippen LogP contribution is 2.38. The van der Waals surface area contributed by atoms with Crippen molar-refractivity contribution in [1.29, 1.82) is 0 Å². The molecule has 0 fully saturated rings. The zero-order valence-corrected chi connectivity index (χ0v) is 24.5. The number of fused-ring (bicyclic) bond motifs is 1. The van der Waals surface area contributed by atoms with Gasteiger partial charge in [0.1, 0.15) is 17.3 Å². The number of hydrogen-bond donors (Lipinski definition) is 7. The average molecular weight is 620 g/mol. The number of carbonyl (C=O) groups is 3. The standard InChI is InChI=1S/C24H28ClN5O4.C4H6O5/c1-14-27-23(15-4-6-16(25)7-5-15)29-30(14)9-8-24(2,3)26-12-20(32)18-10-17(31)11-19-22(18)34-13-21(33)28-19;5-2(4(8)9)1-3(6)7/h4-7,10-11,20,26,31-32H,8-9,12-13H2,1-3H3,(H,28,33);2,5H,1H2,(H,6,7)(H,8,9)/t20-;2-/m01/s1. The molecule has 0 aliphatic carbocycles. The van der Waals surface area contributed by atoms with Gasteiger partial charge < -0.3 is 40.9 Å². The molecule has 1 amide bonds. The summed E-state index contributed by atoms with van der Waals surface area (Å²) in [6.07, 6.45) is -2.76. The summed E-state index contributed by atoms with van der Waals surface area (Å²) >= 11 is 5.97. The maximum Gasteiger partial charge on any atom is 0.333 e. The first-order valence-corrected chi connectivity index (χ1v) is 13.6. The number of halogens is 1. The van der Waals surface area contributed by atoms with Crippen LogP contribution >= 0.6 is 11.6 Å². The van der Waals surface area contributed by atoms with Crippen LogP contribution < -0.4 is 15.4 Å². The van der Waals surface area contributed by atoms with E-state index in [1.54, 1.807) is 0 Å². The number of benzene rings is 2. The largest absolute Gasteiger partial charge is 0.508 e. The van der Waals surface area contributed by atoms with Crippen molar-refractivity contribution < 1.29 is 44.7 Å². The zero-order chi connectivity index (χ0) is 31.9. The van der Waals surface area contributed by atoms with Crippen LogP contribution in [0.3, 0.4) is 0 Å². The number of ether oxygens (including phenoxy) is 1. The number of aliphatic carboxylic acids is 2. The molecule has 1 aromatic heterocycles. The van der Waals surface area contributed by atoms with Crippen molar-refractivity contribution in [2.75, 3.05) is 18.5 Å². The Morgan fingerprint density at radius 3 is 2.47 bits per heavy atom. The predicted octanol–water partition coefficient (Wildman–Crippen LogP) is 2.34. The Hall–Kier alpha value is -4.24. The molecule has 4 rings (SSSR count). The summed E-state index contributed by atoms with van der Waals surface area (Å²) in [5, 5.41) is 56.3. The molecule has 0 radical (unpaired) electrons. The summed E-state index contributed by atoms with van der Waals surface area (Å²) in [7, 11) is 0. The Labute approximate surface area is 251 Å². The lowest BCUT2D eigenvalue weighted by molar-refractivity contribution is -0.152. The fourth-order valence-electron chi connectivity index (χ4n) is 4.02. The van der Waals surface area contributed by atoms with Gasteiger partial charge in [-0.05, 0) is 57.5 Å². The van der Waals surface area contributed by atoms with Crippen LogP contribution in [-0.4, -0.2) is 82.9 Å². The van der Waals surface area contributed by atoms with E-state index in [-0.39, 0.29) is 30.3 Å². The molecule has 15 heteroatoms. The summed E-state index contributed by atoms with van der Waals surface area (Å²) in [5.74, 6) is -1.38. The van der Waals surface area contributed by atoms with Crippen LogP contribution in [0.25, 0.3) is 11.4 Å². The van der Waals surface area contributed by atoms with E-state index in [4.69, 9.17) is 31.7 Å². The van der Waals surface area contributed by atoms with E-state index in [1.807, 2.05) is 49.7 Å². The third-order valence-corrected chi connectivity index (χ3v) is 6.67. The van der Waals surface area contributed by atoms with Gasteiger partial charge in [-0.15, -0.1) is 0 Å². The maximum absolute atomic E-state index is 11.6. The zero-order valence-electron chi connectivity index (χ0n) is 23.7. The molecule has 14 nitrogen and oxygen atoms in total. The highest BCUT2D eigenvalue weighted by atomic mass is 35.5. The molecule has 1 aliphatic heterocycles. The number of aromatic nitrogens is 3. The highest BCUT2D eigenvalue weighted by molar-refractivity contribution is 6.30. The number of rotatable bonds is 11. The van der Waals surface area contributed by atoms with Gasteiger partial charge in [0.2, 0.25) is 0 Å². The van der Waals surface area contributed by atoms with Crippen LogP contribution in [0, 0.1) is 6.92 Å². The van der Waals surface area contributed by atoms with Crippen molar-refractivity contribution in [2.45, 2.75) is 57.9 Å². The van der Waals surface area contributed by atoms with Crippen LogP contribution in [-0.2, 0) is 20.9 Å². The summed E-state index contributed by atoms with van der Waals surface area (Å²) in [6.45, 7) is 6.74. The minimum Gasteiger partial charge on any atom is -0.508 e. The molecular formula is C28H34ClN5O9. The van der Waals surface area contributed by atoms with Crippen LogP contribution in [0.1, 0.15) is 44.2 Å². The van der Waals surface area contributed by atoms with Crippen molar-refractivity contribution in [2.24, 2.45) is 0 Å². The number of aromatic hydroxyl groups is 1. The van der Waals surface area contributed by atoms with E-state index < -0.39 is 30.6 Å². The Morgan fingerprint density at radius 1 is 1.19 bits per heavy atom. The third-order valence-electron chi connectivity index (χ3n) is 6.42. The van der Waals surface area contributed by atoms with Gasteiger partial charge in [-0.1, -0.05) is 11.6 Å². The Balaban J connectivity index is 0.000000489. The number of carboxylic acid groups (broad SMARTS) is 2. The van der Waals surface area contributed by atoms with E-state index in [9.17, 15) is 24.6 Å². The van der Waals surface area contributed by atoms with Crippen molar-refractivity contribution in [3.8, 4) is 22.9 Å². The van der Waals surface area contributed by atoms with Gasteiger partial charge in [0, 0.05) is 40.8 Å². The number of aliphatic hydroxyl groups is 2. The van der Waals surface area contributed by atoms with Crippen LogP contribution in [0.2, 0.25) is 5.02 Å². The summed E-state index contributed by atoms with van der Waals surface area (Å²) in [5.41, 5.74) is 1.34. The lowest BCUT2D eigenvalue weighted by atomic mass is 9.99. The number of phenols is 1. The topological polar surface area (TPSA) is 216 Å². The first kappa shape index (κ1) is 33.3. The summed E-state index contributed by atoms with van der Waals surface area (Å²) in [4.78, 5) is 35.5. The van der Waals surface area contributed by atoms with Gasteiger partial charge in [-0.2, -0.15) is 5.10 Å². The molecule has 3 aromatic rings. The number of anilines is 1. The van der Waals surface area contributed by atoms with E-state index >= 15 is 0 Å². The minimum atomic E-state index is -1.79. The van der Waals surface area contributed by atoms with Crippen molar-refractivity contribution >= 4 is 35.1 Å². The smallest absolute Gasteiger partial charge is 0.333 e. The van der Waals surface area contributed by atoms with Crippen molar-refractivity contribution in [3.05, 3.63) is 52.8 Å². The number of hydrogen-bond acceptors (Lipinski definition) is 10. The van der Waals surface area contributed by atoms with E-state index in [0.717, 1.165) is 17.8 Å². The molecule has 2 aromatic carbocycles. The average Bonchev–Trinajstić information content (AvgIpc) is 3.30. The molecule has 0 unspecified atom stereocenters. The van der Waals surface area contributed by atoms with E-state index in [0.29, 0.717) is 34.4 Å². The number of aliphatic hydroxyl groups excluding tert-OH is 2. The normalized spacial score (nSPS) is 14.0. The number of amides is 1. The quantitative estimate of drug-likeness (QED) is 0.165. The molecule has 7 N–H and O–H groups in total. The van der Waals surface area contributed by atoms with E-state index in [1.165, 1.54) is 12.1 Å². The summed E-state index contributed by atoms with van der Waals surface area (Å²) in [6, 6.07) is 10.3. The second-order valence-electron chi connectivity index (χ2n) is 10.4. The molecule has 43 heavy (non-hydrogen) atoms. The fraction of sp³-hybridized carbons (Fsp3) is 0.393.